The summed E-state index contributed by atoms with van der Waals surface area (Å²) in [5, 5.41) is 0. The first-order valence-electron chi connectivity index (χ1n) is 4.66. The van der Waals surface area contributed by atoms with Crippen molar-refractivity contribution in [1.82, 2.24) is 0 Å². The molecule has 1 rings (SSSR count). The zero-order chi connectivity index (χ0) is 12.0. The van der Waals surface area contributed by atoms with Crippen LogP contribution in [0.15, 0.2) is 35.2 Å². The van der Waals surface area contributed by atoms with Crippen LogP contribution in [0.2, 0.25) is 0 Å². The fraction of sp³-hybridized carbons (Fsp3) is 0.300. The average Bonchev–Trinajstić information content (AvgIpc) is 2.28. The second kappa shape index (κ2) is 5.62. The van der Waals surface area contributed by atoms with Crippen LogP contribution in [0.1, 0.15) is 6.92 Å². The van der Waals surface area contributed by atoms with Crippen LogP contribution in [-0.4, -0.2) is 27.6 Å². The highest BCUT2D eigenvalue weighted by Gasteiger charge is 2.16. The van der Waals surface area contributed by atoms with Gasteiger partial charge in [-0.2, -0.15) is 8.42 Å². The second-order valence-electron chi connectivity index (χ2n) is 2.83. The van der Waals surface area contributed by atoms with Gasteiger partial charge in [0.15, 0.2) is 6.61 Å². The molecule has 0 radical (unpaired) electrons. The van der Waals surface area contributed by atoms with Crippen molar-refractivity contribution in [2.24, 2.45) is 0 Å². The quantitative estimate of drug-likeness (QED) is 0.570. The van der Waals surface area contributed by atoms with Crippen molar-refractivity contribution in [3.05, 3.63) is 30.3 Å². The van der Waals surface area contributed by atoms with E-state index in [0.717, 1.165) is 0 Å². The summed E-state index contributed by atoms with van der Waals surface area (Å²) in [6.07, 6.45) is 0. The molecule has 0 unspecified atom stereocenters. The molecule has 0 spiro atoms. The van der Waals surface area contributed by atoms with Gasteiger partial charge in [-0.3, -0.25) is 4.18 Å². The van der Waals surface area contributed by atoms with E-state index >= 15 is 0 Å². The maximum atomic E-state index is 11.5. The van der Waals surface area contributed by atoms with Gasteiger partial charge in [0.05, 0.1) is 11.5 Å². The maximum Gasteiger partial charge on any atom is 0.333 e. The van der Waals surface area contributed by atoms with Gasteiger partial charge in [0.1, 0.15) is 0 Å². The normalized spacial score (nSPS) is 11.1. The number of esters is 1. The minimum absolute atomic E-state index is 0.0132. The van der Waals surface area contributed by atoms with E-state index in [-0.39, 0.29) is 11.5 Å². The first-order chi connectivity index (χ1) is 7.56. The Kier molecular flexibility index (Phi) is 4.45. The molecule has 88 valence electrons. The van der Waals surface area contributed by atoms with Crippen LogP contribution in [0.25, 0.3) is 0 Å². The summed E-state index contributed by atoms with van der Waals surface area (Å²) in [5.41, 5.74) is 0. The fourth-order valence-electron chi connectivity index (χ4n) is 0.984. The largest absolute Gasteiger partial charge is 0.464 e. The maximum absolute atomic E-state index is 11.5. The van der Waals surface area contributed by atoms with Gasteiger partial charge >= 0.3 is 5.97 Å². The van der Waals surface area contributed by atoms with Crippen LogP contribution >= 0.6 is 0 Å². The van der Waals surface area contributed by atoms with Crippen molar-refractivity contribution in [1.29, 1.82) is 0 Å². The van der Waals surface area contributed by atoms with E-state index in [1.807, 2.05) is 0 Å². The van der Waals surface area contributed by atoms with Gasteiger partial charge in [-0.05, 0) is 19.1 Å². The van der Waals surface area contributed by atoms with E-state index in [9.17, 15) is 13.2 Å². The van der Waals surface area contributed by atoms with Crippen molar-refractivity contribution in [3.63, 3.8) is 0 Å². The fourth-order valence-corrected chi connectivity index (χ4v) is 1.86. The summed E-state index contributed by atoms with van der Waals surface area (Å²) in [5.74, 6) is -0.706. The van der Waals surface area contributed by atoms with Gasteiger partial charge in [0.25, 0.3) is 10.1 Å². The SMILES string of the molecule is CCOC(=O)COS(=O)(=O)c1ccccc1. The van der Waals surface area contributed by atoms with E-state index < -0.39 is 22.7 Å². The smallest absolute Gasteiger partial charge is 0.333 e. The van der Waals surface area contributed by atoms with Crippen molar-refractivity contribution in [3.8, 4) is 0 Å². The van der Waals surface area contributed by atoms with E-state index in [2.05, 4.69) is 8.92 Å². The van der Waals surface area contributed by atoms with Crippen molar-refractivity contribution in [2.75, 3.05) is 13.2 Å². The Morgan fingerprint density at radius 1 is 1.25 bits per heavy atom. The van der Waals surface area contributed by atoms with E-state index in [1.54, 1.807) is 25.1 Å². The molecule has 0 aliphatic heterocycles. The highest BCUT2D eigenvalue weighted by molar-refractivity contribution is 7.86. The van der Waals surface area contributed by atoms with Gasteiger partial charge in [-0.25, -0.2) is 4.79 Å². The van der Waals surface area contributed by atoms with Crippen LogP contribution in [0, 0.1) is 0 Å². The molecule has 0 aromatic heterocycles. The van der Waals surface area contributed by atoms with Gasteiger partial charge in [0.2, 0.25) is 0 Å². The Morgan fingerprint density at radius 3 is 2.44 bits per heavy atom. The van der Waals surface area contributed by atoms with Gasteiger partial charge in [-0.15, -0.1) is 0 Å². The van der Waals surface area contributed by atoms with E-state index in [4.69, 9.17) is 0 Å². The molecule has 6 heteroatoms. The minimum Gasteiger partial charge on any atom is -0.464 e. The van der Waals surface area contributed by atoms with Crippen LogP contribution in [-0.2, 0) is 23.8 Å². The highest BCUT2D eigenvalue weighted by Crippen LogP contribution is 2.10. The summed E-state index contributed by atoms with van der Waals surface area (Å²) in [7, 11) is -3.87. The lowest BCUT2D eigenvalue weighted by atomic mass is 10.4. The lowest BCUT2D eigenvalue weighted by Crippen LogP contribution is -2.16. The standard InChI is InChI=1S/C10H12O5S/c1-2-14-10(11)8-15-16(12,13)9-6-4-3-5-7-9/h3-7H,2,8H2,1H3. The summed E-state index contributed by atoms with van der Waals surface area (Å²) in [6, 6.07) is 7.60. The van der Waals surface area contributed by atoms with Crippen LogP contribution in [0.5, 0.6) is 0 Å². The Morgan fingerprint density at radius 2 is 1.88 bits per heavy atom. The molecule has 0 aliphatic rings. The molecule has 0 fully saturated rings. The van der Waals surface area contributed by atoms with Gasteiger partial charge in [-0.1, -0.05) is 18.2 Å². The number of benzene rings is 1. The molecule has 0 amide bonds. The summed E-state index contributed by atoms with van der Waals surface area (Å²) in [6.45, 7) is 1.21. The molecule has 1 aromatic carbocycles. The monoisotopic (exact) mass is 244 g/mol. The molecule has 0 N–H and O–H groups in total. The van der Waals surface area contributed by atoms with Crippen LogP contribution in [0.4, 0.5) is 0 Å². The lowest BCUT2D eigenvalue weighted by molar-refractivity contribution is -0.145. The Labute approximate surface area is 94.1 Å². The third-order valence-corrected chi connectivity index (χ3v) is 2.95. The van der Waals surface area contributed by atoms with Crippen LogP contribution < -0.4 is 0 Å². The van der Waals surface area contributed by atoms with Crippen LogP contribution in [0.3, 0.4) is 0 Å². The molecule has 16 heavy (non-hydrogen) atoms. The van der Waals surface area contributed by atoms with E-state index in [1.165, 1.54) is 12.1 Å². The predicted molar refractivity (Wildman–Crippen MR) is 56.2 cm³/mol. The Hall–Kier alpha value is -1.40. The molecule has 0 saturated heterocycles. The van der Waals surface area contributed by atoms with Gasteiger partial charge in [0, 0.05) is 0 Å². The minimum atomic E-state index is -3.87. The number of hydrogen-bond acceptors (Lipinski definition) is 5. The zero-order valence-electron chi connectivity index (χ0n) is 8.75. The summed E-state index contributed by atoms with van der Waals surface area (Å²) >= 11 is 0. The molecule has 5 nitrogen and oxygen atoms in total. The van der Waals surface area contributed by atoms with E-state index in [0.29, 0.717) is 0 Å². The van der Waals surface area contributed by atoms with Crippen molar-refractivity contribution < 1.29 is 22.1 Å². The number of carbonyl (C=O) groups is 1. The number of hydrogen-bond donors (Lipinski definition) is 0. The lowest BCUT2D eigenvalue weighted by Gasteiger charge is -2.04. The number of rotatable bonds is 5. The number of ether oxygens (including phenoxy) is 1. The molecule has 0 heterocycles. The molecular formula is C10H12O5S. The van der Waals surface area contributed by atoms with Gasteiger partial charge < -0.3 is 4.74 Å². The second-order valence-corrected chi connectivity index (χ2v) is 4.45. The molecule has 1 aromatic rings. The Bertz CT molecular complexity index is 438. The number of carbonyl (C=O) groups excluding carboxylic acids is 1. The third kappa shape index (κ3) is 3.63. The highest BCUT2D eigenvalue weighted by atomic mass is 32.2. The Balaban J connectivity index is 2.64. The molecule has 0 atom stereocenters. The molecule has 0 bridgehead atoms. The summed E-state index contributed by atoms with van der Waals surface area (Å²) < 4.78 is 32.1. The average molecular weight is 244 g/mol. The third-order valence-electron chi connectivity index (χ3n) is 1.67. The summed E-state index contributed by atoms with van der Waals surface area (Å²) in [4.78, 5) is 10.9. The van der Waals surface area contributed by atoms with Crippen molar-refractivity contribution >= 4 is 16.1 Å². The first-order valence-corrected chi connectivity index (χ1v) is 6.07. The molecular weight excluding hydrogens is 232 g/mol. The zero-order valence-corrected chi connectivity index (χ0v) is 9.57. The first kappa shape index (κ1) is 12.7. The molecule has 0 saturated carbocycles. The topological polar surface area (TPSA) is 69.7 Å². The molecule has 0 aliphatic carbocycles. The predicted octanol–water partition coefficient (Wildman–Crippen LogP) is 0.955. The van der Waals surface area contributed by atoms with Crippen molar-refractivity contribution in [2.45, 2.75) is 11.8 Å².